The summed E-state index contributed by atoms with van der Waals surface area (Å²) in [4.78, 5) is 13.4. The number of piperidine rings is 1. The first kappa shape index (κ1) is 14.8. The Morgan fingerprint density at radius 2 is 2.10 bits per heavy atom. The zero-order valence-corrected chi connectivity index (χ0v) is 12.8. The lowest BCUT2D eigenvalue weighted by atomic mass is 9.92. The summed E-state index contributed by atoms with van der Waals surface area (Å²) in [5.41, 5.74) is 1.02. The van der Waals surface area contributed by atoms with Crippen molar-refractivity contribution in [1.29, 1.82) is 0 Å². The van der Waals surface area contributed by atoms with E-state index in [0.717, 1.165) is 37.4 Å². The van der Waals surface area contributed by atoms with Gasteiger partial charge >= 0.3 is 0 Å². The number of nitrogens with one attached hydrogen (secondary N) is 1. The first-order chi connectivity index (χ1) is 9.36. The molecule has 1 saturated heterocycles. The summed E-state index contributed by atoms with van der Waals surface area (Å²) in [6.45, 7) is 9.73. The summed E-state index contributed by atoms with van der Waals surface area (Å²) in [5, 5.41) is 11.7. The third kappa shape index (κ3) is 3.68. The van der Waals surface area contributed by atoms with Crippen molar-refractivity contribution >= 4 is 11.7 Å². The largest absolute Gasteiger partial charge is 0.353 e. The predicted molar refractivity (Wildman–Crippen MR) is 79.8 cm³/mol. The van der Waals surface area contributed by atoms with Gasteiger partial charge < -0.3 is 10.2 Å². The van der Waals surface area contributed by atoms with Crippen LogP contribution in [0.1, 0.15) is 46.2 Å². The van der Waals surface area contributed by atoms with Gasteiger partial charge in [-0.3, -0.25) is 4.79 Å². The van der Waals surface area contributed by atoms with Crippen LogP contribution in [0.5, 0.6) is 0 Å². The van der Waals surface area contributed by atoms with Gasteiger partial charge in [0.2, 0.25) is 5.91 Å². The van der Waals surface area contributed by atoms with E-state index in [1.54, 1.807) is 6.92 Å². The van der Waals surface area contributed by atoms with Crippen molar-refractivity contribution < 1.29 is 4.79 Å². The van der Waals surface area contributed by atoms with E-state index in [4.69, 9.17) is 0 Å². The van der Waals surface area contributed by atoms with Gasteiger partial charge in [0.1, 0.15) is 0 Å². The molecule has 1 aliphatic heterocycles. The Bertz CT molecular complexity index is 464. The topological polar surface area (TPSA) is 58.1 Å². The van der Waals surface area contributed by atoms with Crippen molar-refractivity contribution in [3.63, 3.8) is 0 Å². The van der Waals surface area contributed by atoms with E-state index in [9.17, 15) is 4.79 Å². The molecule has 0 aromatic carbocycles. The first-order valence-electron chi connectivity index (χ1n) is 7.22. The van der Waals surface area contributed by atoms with Gasteiger partial charge in [-0.15, -0.1) is 5.10 Å². The van der Waals surface area contributed by atoms with Crippen LogP contribution >= 0.6 is 0 Å². The fourth-order valence-electron chi connectivity index (χ4n) is 2.48. The maximum atomic E-state index is 11.2. The lowest BCUT2D eigenvalue weighted by Crippen LogP contribution is -2.47. The van der Waals surface area contributed by atoms with E-state index in [-0.39, 0.29) is 17.4 Å². The molecule has 5 heteroatoms. The molecule has 1 aliphatic rings. The number of hydrogen-bond donors (Lipinski definition) is 1. The zero-order valence-electron chi connectivity index (χ0n) is 12.8. The third-order valence-corrected chi connectivity index (χ3v) is 3.57. The maximum absolute atomic E-state index is 11.2. The fraction of sp³-hybridized carbons (Fsp3) is 0.667. The van der Waals surface area contributed by atoms with Gasteiger partial charge in [0, 0.05) is 31.5 Å². The van der Waals surface area contributed by atoms with Crippen LogP contribution in [0.25, 0.3) is 0 Å². The molecule has 1 fully saturated rings. The minimum Gasteiger partial charge on any atom is -0.353 e. The van der Waals surface area contributed by atoms with Crippen molar-refractivity contribution in [2.24, 2.45) is 0 Å². The van der Waals surface area contributed by atoms with Crippen molar-refractivity contribution in [3.8, 4) is 0 Å². The number of rotatable bonds is 2. The molecule has 0 aliphatic carbocycles. The molecule has 0 saturated carbocycles. The molecule has 0 bridgehead atoms. The van der Waals surface area contributed by atoms with Crippen molar-refractivity contribution in [2.45, 2.75) is 52.0 Å². The van der Waals surface area contributed by atoms with E-state index in [1.807, 2.05) is 12.1 Å². The smallest absolute Gasteiger partial charge is 0.217 e. The van der Waals surface area contributed by atoms with E-state index in [0.29, 0.717) is 0 Å². The summed E-state index contributed by atoms with van der Waals surface area (Å²) >= 11 is 0. The van der Waals surface area contributed by atoms with E-state index in [1.165, 1.54) is 0 Å². The van der Waals surface area contributed by atoms with Gasteiger partial charge in [-0.25, -0.2) is 0 Å². The second-order valence-corrected chi connectivity index (χ2v) is 6.51. The first-order valence-corrected chi connectivity index (χ1v) is 7.22. The maximum Gasteiger partial charge on any atom is 0.217 e. The van der Waals surface area contributed by atoms with Crippen molar-refractivity contribution in [3.05, 3.63) is 17.8 Å². The monoisotopic (exact) mass is 276 g/mol. The third-order valence-electron chi connectivity index (χ3n) is 3.57. The van der Waals surface area contributed by atoms with Crippen molar-refractivity contribution in [1.82, 2.24) is 15.5 Å². The van der Waals surface area contributed by atoms with Crippen LogP contribution in [-0.4, -0.2) is 35.2 Å². The number of amides is 1. The lowest BCUT2D eigenvalue weighted by molar-refractivity contribution is -0.119. The molecule has 5 nitrogen and oxygen atoms in total. The van der Waals surface area contributed by atoms with Crippen LogP contribution in [0.2, 0.25) is 0 Å². The highest BCUT2D eigenvalue weighted by Gasteiger charge is 2.22. The Balaban J connectivity index is 2.05. The Labute approximate surface area is 120 Å². The normalized spacial score (nSPS) is 19.8. The Morgan fingerprint density at radius 3 is 2.65 bits per heavy atom. The molecule has 1 amide bonds. The lowest BCUT2D eigenvalue weighted by Gasteiger charge is -2.33. The van der Waals surface area contributed by atoms with E-state index >= 15 is 0 Å². The van der Waals surface area contributed by atoms with Crippen LogP contribution in [0.15, 0.2) is 12.1 Å². The van der Waals surface area contributed by atoms with Gasteiger partial charge in [0.05, 0.1) is 5.69 Å². The molecule has 2 rings (SSSR count). The summed E-state index contributed by atoms with van der Waals surface area (Å²) in [6, 6.07) is 4.29. The predicted octanol–water partition coefficient (Wildman–Crippen LogP) is 1.88. The molecule has 1 N–H and O–H groups in total. The molecule has 0 spiro atoms. The van der Waals surface area contributed by atoms with Crippen molar-refractivity contribution in [2.75, 3.05) is 18.0 Å². The highest BCUT2D eigenvalue weighted by Crippen LogP contribution is 2.22. The summed E-state index contributed by atoms with van der Waals surface area (Å²) in [6.07, 6.45) is 2.09. The van der Waals surface area contributed by atoms with Crippen LogP contribution in [0, 0.1) is 0 Å². The van der Waals surface area contributed by atoms with Gasteiger partial charge in [-0.2, -0.15) is 5.10 Å². The number of anilines is 1. The number of hydrogen-bond acceptors (Lipinski definition) is 4. The summed E-state index contributed by atoms with van der Waals surface area (Å²) < 4.78 is 0. The van der Waals surface area contributed by atoms with Crippen LogP contribution < -0.4 is 10.2 Å². The van der Waals surface area contributed by atoms with Gasteiger partial charge in [-0.05, 0) is 25.0 Å². The zero-order chi connectivity index (χ0) is 14.8. The van der Waals surface area contributed by atoms with Crippen LogP contribution in [-0.2, 0) is 10.2 Å². The van der Waals surface area contributed by atoms with E-state index in [2.05, 4.69) is 41.2 Å². The van der Waals surface area contributed by atoms with Gasteiger partial charge in [0.15, 0.2) is 5.82 Å². The second-order valence-electron chi connectivity index (χ2n) is 6.51. The fourth-order valence-corrected chi connectivity index (χ4v) is 2.48. The molecular weight excluding hydrogens is 252 g/mol. The Hall–Kier alpha value is -1.65. The number of carbonyl (C=O) groups is 1. The molecule has 0 radical (unpaired) electrons. The van der Waals surface area contributed by atoms with Gasteiger partial charge in [-0.1, -0.05) is 20.8 Å². The molecule has 1 atom stereocenters. The van der Waals surface area contributed by atoms with Crippen LogP contribution in [0.4, 0.5) is 5.82 Å². The molecule has 1 unspecified atom stereocenters. The Morgan fingerprint density at radius 1 is 1.35 bits per heavy atom. The molecule has 1 aromatic rings. The highest BCUT2D eigenvalue weighted by molar-refractivity contribution is 5.73. The van der Waals surface area contributed by atoms with Crippen LogP contribution in [0.3, 0.4) is 0 Å². The highest BCUT2D eigenvalue weighted by atomic mass is 16.1. The quantitative estimate of drug-likeness (QED) is 0.896. The summed E-state index contributed by atoms with van der Waals surface area (Å²) in [7, 11) is 0. The number of nitrogens with zero attached hydrogens (tertiary/aromatic N) is 3. The summed E-state index contributed by atoms with van der Waals surface area (Å²) in [5.74, 6) is 0.930. The van der Waals surface area contributed by atoms with Gasteiger partial charge in [0.25, 0.3) is 0 Å². The van der Waals surface area contributed by atoms with E-state index < -0.39 is 0 Å². The molecule has 2 heterocycles. The molecule has 1 aromatic heterocycles. The molecule has 110 valence electrons. The average molecular weight is 276 g/mol. The standard InChI is InChI=1S/C15H24N4O/c1-11(20)16-12-6-5-9-19(10-12)14-8-7-13(17-18-14)15(2,3)4/h7-8,12H,5-6,9-10H2,1-4H3,(H,16,20). The SMILES string of the molecule is CC(=O)NC1CCCN(c2ccc(C(C)(C)C)nn2)C1. The molecular formula is C15H24N4O. The number of carbonyl (C=O) groups excluding carboxylic acids is 1. The minimum atomic E-state index is 0.0200. The second kappa shape index (κ2) is 5.77. The minimum absolute atomic E-state index is 0.0200. The number of aromatic nitrogens is 2. The average Bonchev–Trinajstić information content (AvgIpc) is 2.37. The molecule has 20 heavy (non-hydrogen) atoms. The Kier molecular flexibility index (Phi) is 4.26.